The Morgan fingerprint density at radius 3 is 2.55 bits per heavy atom. The monoisotopic (exact) mass is 301 g/mol. The maximum atomic E-state index is 12.7. The number of benzene rings is 1. The van der Waals surface area contributed by atoms with Crippen LogP contribution in [0.5, 0.6) is 0 Å². The molecule has 2 N–H and O–H groups in total. The van der Waals surface area contributed by atoms with Crippen molar-refractivity contribution in [2.75, 3.05) is 6.54 Å². The summed E-state index contributed by atoms with van der Waals surface area (Å²) in [6.45, 7) is 0.619. The van der Waals surface area contributed by atoms with Crippen molar-refractivity contribution in [3.63, 3.8) is 0 Å². The molecular weight excluding hydrogens is 285 g/mol. The molecule has 2 amide bonds. The van der Waals surface area contributed by atoms with Crippen LogP contribution in [0.3, 0.4) is 0 Å². The second kappa shape index (κ2) is 7.87. The number of pyridine rings is 1. The van der Waals surface area contributed by atoms with Crippen LogP contribution >= 0.6 is 0 Å². The number of nitrogens with one attached hydrogen (secondary N) is 2. The lowest BCUT2D eigenvalue weighted by molar-refractivity contribution is -0.121. The third-order valence-electron chi connectivity index (χ3n) is 2.96. The molecule has 0 aliphatic carbocycles. The lowest BCUT2D eigenvalue weighted by Crippen LogP contribution is -2.30. The van der Waals surface area contributed by atoms with Crippen molar-refractivity contribution >= 4 is 11.8 Å². The maximum absolute atomic E-state index is 12.7. The first-order chi connectivity index (χ1) is 10.6. The van der Waals surface area contributed by atoms with E-state index in [1.807, 2.05) is 6.07 Å². The molecule has 6 heteroatoms. The number of nitrogens with zero attached hydrogens (tertiary/aromatic N) is 1. The number of carbonyl (C=O) groups excluding carboxylic acids is 2. The zero-order valence-electron chi connectivity index (χ0n) is 11.9. The molecule has 0 aliphatic rings. The highest BCUT2D eigenvalue weighted by Gasteiger charge is 2.06. The Kier molecular flexibility index (Phi) is 5.59. The molecule has 0 fully saturated rings. The van der Waals surface area contributed by atoms with Crippen LogP contribution in [0.4, 0.5) is 4.39 Å². The van der Waals surface area contributed by atoms with Gasteiger partial charge in [-0.25, -0.2) is 4.39 Å². The summed E-state index contributed by atoms with van der Waals surface area (Å²) >= 11 is 0. The zero-order chi connectivity index (χ0) is 15.8. The van der Waals surface area contributed by atoms with E-state index in [0.29, 0.717) is 12.1 Å². The minimum atomic E-state index is -0.397. The standard InChI is InChI=1S/C16H16FN3O2/c17-14-5-3-13(4-6-14)16(22)19-9-7-15(21)20-11-12-2-1-8-18-10-12/h1-6,8,10H,7,9,11H2,(H,19,22)(H,20,21). The second-order valence-electron chi connectivity index (χ2n) is 4.65. The summed E-state index contributed by atoms with van der Waals surface area (Å²) in [5.74, 6) is -0.894. The highest BCUT2D eigenvalue weighted by molar-refractivity contribution is 5.94. The number of carbonyl (C=O) groups is 2. The molecule has 0 saturated carbocycles. The largest absolute Gasteiger partial charge is 0.352 e. The fraction of sp³-hybridized carbons (Fsp3) is 0.188. The highest BCUT2D eigenvalue weighted by Crippen LogP contribution is 2.02. The van der Waals surface area contributed by atoms with Crippen molar-refractivity contribution in [1.29, 1.82) is 0 Å². The lowest BCUT2D eigenvalue weighted by atomic mass is 10.2. The van der Waals surface area contributed by atoms with Gasteiger partial charge in [0.15, 0.2) is 0 Å². The van der Waals surface area contributed by atoms with Crippen molar-refractivity contribution in [2.24, 2.45) is 0 Å². The highest BCUT2D eigenvalue weighted by atomic mass is 19.1. The van der Waals surface area contributed by atoms with Crippen molar-refractivity contribution in [3.8, 4) is 0 Å². The van der Waals surface area contributed by atoms with E-state index in [-0.39, 0.29) is 24.8 Å². The fourth-order valence-electron chi connectivity index (χ4n) is 1.78. The number of hydrogen-bond acceptors (Lipinski definition) is 3. The predicted octanol–water partition coefficient (Wildman–Crippen LogP) is 1.66. The van der Waals surface area contributed by atoms with E-state index in [1.54, 1.807) is 18.5 Å². The molecular formula is C16H16FN3O2. The first-order valence-electron chi connectivity index (χ1n) is 6.84. The van der Waals surface area contributed by atoms with Crippen molar-refractivity contribution < 1.29 is 14.0 Å². The summed E-state index contributed by atoms with van der Waals surface area (Å²) in [6, 6.07) is 8.89. The van der Waals surface area contributed by atoms with E-state index in [2.05, 4.69) is 15.6 Å². The van der Waals surface area contributed by atoms with E-state index >= 15 is 0 Å². The number of amides is 2. The number of aromatic nitrogens is 1. The lowest BCUT2D eigenvalue weighted by Gasteiger charge is -2.07. The van der Waals surface area contributed by atoms with Crippen LogP contribution in [-0.2, 0) is 11.3 Å². The Hall–Kier alpha value is -2.76. The molecule has 1 heterocycles. The van der Waals surface area contributed by atoms with Gasteiger partial charge in [0.2, 0.25) is 5.91 Å². The van der Waals surface area contributed by atoms with Crippen LogP contribution < -0.4 is 10.6 Å². The summed E-state index contributed by atoms with van der Waals surface area (Å²) < 4.78 is 12.7. The Bertz CT molecular complexity index is 630. The Labute approximate surface area is 127 Å². The van der Waals surface area contributed by atoms with Crippen molar-refractivity contribution in [1.82, 2.24) is 15.6 Å². The summed E-state index contributed by atoms with van der Waals surface area (Å²) in [4.78, 5) is 27.3. The minimum absolute atomic E-state index is 0.164. The molecule has 0 bridgehead atoms. The first kappa shape index (κ1) is 15.6. The number of rotatable bonds is 6. The van der Waals surface area contributed by atoms with Gasteiger partial charge in [-0.15, -0.1) is 0 Å². The van der Waals surface area contributed by atoms with Gasteiger partial charge in [0.05, 0.1) is 0 Å². The molecule has 1 aromatic heterocycles. The van der Waals surface area contributed by atoms with Crippen LogP contribution in [0.2, 0.25) is 0 Å². The zero-order valence-corrected chi connectivity index (χ0v) is 11.9. The molecule has 1 aromatic carbocycles. The molecule has 0 radical (unpaired) electrons. The first-order valence-corrected chi connectivity index (χ1v) is 6.84. The fourth-order valence-corrected chi connectivity index (χ4v) is 1.78. The molecule has 0 aliphatic heterocycles. The van der Waals surface area contributed by atoms with Gasteiger partial charge in [-0.3, -0.25) is 14.6 Å². The van der Waals surface area contributed by atoms with Gasteiger partial charge in [0.1, 0.15) is 5.82 Å². The Morgan fingerprint density at radius 2 is 1.86 bits per heavy atom. The van der Waals surface area contributed by atoms with Crippen molar-refractivity contribution in [2.45, 2.75) is 13.0 Å². The van der Waals surface area contributed by atoms with Gasteiger partial charge in [-0.1, -0.05) is 6.07 Å². The molecule has 5 nitrogen and oxygen atoms in total. The van der Waals surface area contributed by atoms with E-state index < -0.39 is 5.82 Å². The van der Waals surface area contributed by atoms with E-state index in [9.17, 15) is 14.0 Å². The summed E-state index contributed by atoms with van der Waals surface area (Å²) in [5, 5.41) is 5.35. The van der Waals surface area contributed by atoms with E-state index in [4.69, 9.17) is 0 Å². The van der Waals surface area contributed by atoms with Crippen LogP contribution in [0.15, 0.2) is 48.8 Å². The molecule has 0 atom stereocenters. The number of hydrogen-bond donors (Lipinski definition) is 2. The Morgan fingerprint density at radius 1 is 1.09 bits per heavy atom. The molecule has 22 heavy (non-hydrogen) atoms. The summed E-state index contributed by atoms with van der Waals surface area (Å²) in [7, 11) is 0. The topological polar surface area (TPSA) is 71.1 Å². The van der Waals surface area contributed by atoms with E-state index in [1.165, 1.54) is 24.3 Å². The average molecular weight is 301 g/mol. The average Bonchev–Trinajstić information content (AvgIpc) is 2.54. The second-order valence-corrected chi connectivity index (χ2v) is 4.65. The van der Waals surface area contributed by atoms with Gasteiger partial charge in [0, 0.05) is 37.5 Å². The van der Waals surface area contributed by atoms with Gasteiger partial charge < -0.3 is 10.6 Å². The van der Waals surface area contributed by atoms with Gasteiger partial charge in [0.25, 0.3) is 5.91 Å². The third-order valence-corrected chi connectivity index (χ3v) is 2.96. The Balaban J connectivity index is 1.68. The molecule has 0 spiro atoms. The van der Waals surface area contributed by atoms with Crippen LogP contribution in [0.25, 0.3) is 0 Å². The van der Waals surface area contributed by atoms with Crippen LogP contribution in [0, 0.1) is 5.82 Å². The smallest absolute Gasteiger partial charge is 0.251 e. The molecule has 114 valence electrons. The molecule has 2 aromatic rings. The van der Waals surface area contributed by atoms with Gasteiger partial charge in [-0.2, -0.15) is 0 Å². The quantitative estimate of drug-likeness (QED) is 0.852. The van der Waals surface area contributed by atoms with Crippen molar-refractivity contribution in [3.05, 3.63) is 65.7 Å². The maximum Gasteiger partial charge on any atom is 0.251 e. The molecule has 0 saturated heterocycles. The predicted molar refractivity (Wildman–Crippen MR) is 79.4 cm³/mol. The summed E-state index contributed by atoms with van der Waals surface area (Å²) in [5.41, 5.74) is 1.27. The summed E-state index contributed by atoms with van der Waals surface area (Å²) in [6.07, 6.45) is 3.51. The number of halogens is 1. The van der Waals surface area contributed by atoms with Crippen LogP contribution in [0.1, 0.15) is 22.3 Å². The minimum Gasteiger partial charge on any atom is -0.352 e. The molecule has 0 unspecified atom stereocenters. The van der Waals surface area contributed by atoms with Gasteiger partial charge in [-0.05, 0) is 35.9 Å². The molecule has 2 rings (SSSR count). The van der Waals surface area contributed by atoms with Gasteiger partial charge >= 0.3 is 0 Å². The normalized spacial score (nSPS) is 10.0. The SMILES string of the molecule is O=C(CCNC(=O)c1ccc(F)cc1)NCc1cccnc1. The van der Waals surface area contributed by atoms with Crippen LogP contribution in [-0.4, -0.2) is 23.3 Å². The van der Waals surface area contributed by atoms with E-state index in [0.717, 1.165) is 5.56 Å². The third kappa shape index (κ3) is 4.97.